The maximum absolute atomic E-state index is 3.99. The van der Waals surface area contributed by atoms with E-state index >= 15 is 0 Å². The van der Waals surface area contributed by atoms with Gasteiger partial charge in [-0.25, -0.2) is 0 Å². The zero-order valence-corrected chi connectivity index (χ0v) is 7.87. The molecule has 1 aromatic rings. The Morgan fingerprint density at radius 2 is 2.08 bits per heavy atom. The smallest absolute Gasteiger partial charge is 0.0271 e. The third-order valence-electron chi connectivity index (χ3n) is 2.74. The van der Waals surface area contributed by atoms with Gasteiger partial charge in [-0.15, -0.1) is 0 Å². The molecule has 0 amide bonds. The van der Waals surface area contributed by atoms with Crippen LogP contribution in [0.25, 0.3) is 0 Å². The molecule has 13 heavy (non-hydrogen) atoms. The fourth-order valence-corrected chi connectivity index (χ4v) is 1.62. The molecule has 2 nitrogen and oxygen atoms in total. The second kappa shape index (κ2) is 4.38. The summed E-state index contributed by atoms with van der Waals surface area (Å²) >= 11 is 0. The third-order valence-corrected chi connectivity index (χ3v) is 2.74. The van der Waals surface area contributed by atoms with Crippen LogP contribution in [-0.4, -0.2) is 11.5 Å². The second-order valence-corrected chi connectivity index (χ2v) is 3.78. The van der Waals surface area contributed by atoms with Gasteiger partial charge < -0.3 is 5.32 Å². The molecule has 0 unspecified atom stereocenters. The third kappa shape index (κ3) is 2.52. The van der Waals surface area contributed by atoms with Crippen LogP contribution in [0.15, 0.2) is 24.5 Å². The SMILES string of the molecule is c1cc(CNCC2CCC2)ccn1. The van der Waals surface area contributed by atoms with E-state index in [1.807, 2.05) is 12.4 Å². The topological polar surface area (TPSA) is 24.9 Å². The van der Waals surface area contributed by atoms with Crippen LogP contribution < -0.4 is 5.32 Å². The van der Waals surface area contributed by atoms with Crippen molar-refractivity contribution in [1.29, 1.82) is 0 Å². The number of pyridine rings is 1. The molecule has 1 aliphatic rings. The van der Waals surface area contributed by atoms with Crippen molar-refractivity contribution < 1.29 is 0 Å². The summed E-state index contributed by atoms with van der Waals surface area (Å²) in [6.07, 6.45) is 7.97. The summed E-state index contributed by atoms with van der Waals surface area (Å²) in [6, 6.07) is 4.13. The van der Waals surface area contributed by atoms with Crippen molar-refractivity contribution in [3.8, 4) is 0 Å². The number of aromatic nitrogens is 1. The summed E-state index contributed by atoms with van der Waals surface area (Å²) in [5.41, 5.74) is 1.33. The number of hydrogen-bond donors (Lipinski definition) is 1. The van der Waals surface area contributed by atoms with E-state index in [-0.39, 0.29) is 0 Å². The molecule has 0 radical (unpaired) electrons. The van der Waals surface area contributed by atoms with Crippen LogP contribution in [0.5, 0.6) is 0 Å². The highest BCUT2D eigenvalue weighted by Crippen LogP contribution is 2.25. The molecule has 0 aromatic carbocycles. The lowest BCUT2D eigenvalue weighted by atomic mass is 9.85. The highest BCUT2D eigenvalue weighted by molar-refractivity contribution is 5.08. The Hall–Kier alpha value is -0.890. The molecule has 0 atom stereocenters. The minimum atomic E-state index is 0.946. The van der Waals surface area contributed by atoms with E-state index in [2.05, 4.69) is 22.4 Å². The highest BCUT2D eigenvalue weighted by atomic mass is 14.9. The molecule has 1 fully saturated rings. The van der Waals surface area contributed by atoms with Crippen molar-refractivity contribution in [1.82, 2.24) is 10.3 Å². The molecule has 1 saturated carbocycles. The predicted octanol–water partition coefficient (Wildman–Crippen LogP) is 1.97. The fourth-order valence-electron chi connectivity index (χ4n) is 1.62. The van der Waals surface area contributed by atoms with Crippen LogP contribution in [-0.2, 0) is 6.54 Å². The first-order chi connectivity index (χ1) is 6.45. The minimum Gasteiger partial charge on any atom is -0.312 e. The lowest BCUT2D eigenvalue weighted by Gasteiger charge is -2.25. The zero-order chi connectivity index (χ0) is 8.93. The van der Waals surface area contributed by atoms with Crippen LogP contribution in [0.4, 0.5) is 0 Å². The van der Waals surface area contributed by atoms with Gasteiger partial charge in [-0.2, -0.15) is 0 Å². The van der Waals surface area contributed by atoms with Crippen molar-refractivity contribution in [2.75, 3.05) is 6.54 Å². The average molecular weight is 176 g/mol. The van der Waals surface area contributed by atoms with Gasteiger partial charge in [0.1, 0.15) is 0 Å². The van der Waals surface area contributed by atoms with Crippen molar-refractivity contribution >= 4 is 0 Å². The summed E-state index contributed by atoms with van der Waals surface area (Å²) in [4.78, 5) is 3.99. The second-order valence-electron chi connectivity index (χ2n) is 3.78. The van der Waals surface area contributed by atoms with E-state index in [1.165, 1.54) is 31.4 Å². The molecule has 1 N–H and O–H groups in total. The highest BCUT2D eigenvalue weighted by Gasteiger charge is 2.15. The van der Waals surface area contributed by atoms with Crippen LogP contribution in [0.2, 0.25) is 0 Å². The maximum Gasteiger partial charge on any atom is 0.0271 e. The van der Waals surface area contributed by atoms with E-state index in [1.54, 1.807) is 0 Å². The van der Waals surface area contributed by atoms with E-state index in [0.29, 0.717) is 0 Å². The molecule has 0 bridgehead atoms. The van der Waals surface area contributed by atoms with Crippen LogP contribution >= 0.6 is 0 Å². The molecular weight excluding hydrogens is 160 g/mol. The fraction of sp³-hybridized carbons (Fsp3) is 0.545. The summed E-state index contributed by atoms with van der Waals surface area (Å²) in [5.74, 6) is 0.946. The molecule has 2 heteroatoms. The first-order valence-electron chi connectivity index (χ1n) is 5.05. The first kappa shape index (κ1) is 8.70. The van der Waals surface area contributed by atoms with Crippen LogP contribution in [0.3, 0.4) is 0 Å². The molecule has 0 aliphatic heterocycles. The van der Waals surface area contributed by atoms with Gasteiger partial charge in [0.25, 0.3) is 0 Å². The van der Waals surface area contributed by atoms with Crippen LogP contribution in [0.1, 0.15) is 24.8 Å². The van der Waals surface area contributed by atoms with E-state index in [4.69, 9.17) is 0 Å². The number of hydrogen-bond acceptors (Lipinski definition) is 2. The molecule has 70 valence electrons. The lowest BCUT2D eigenvalue weighted by Crippen LogP contribution is -2.26. The van der Waals surface area contributed by atoms with Gasteiger partial charge >= 0.3 is 0 Å². The summed E-state index contributed by atoms with van der Waals surface area (Å²) in [5, 5.41) is 3.48. The Morgan fingerprint density at radius 1 is 1.31 bits per heavy atom. The van der Waals surface area contributed by atoms with E-state index < -0.39 is 0 Å². The van der Waals surface area contributed by atoms with Gasteiger partial charge in [-0.3, -0.25) is 4.98 Å². The van der Waals surface area contributed by atoms with Crippen molar-refractivity contribution in [2.24, 2.45) is 5.92 Å². The summed E-state index contributed by atoms with van der Waals surface area (Å²) < 4.78 is 0. The molecule has 2 rings (SSSR count). The molecule has 1 heterocycles. The van der Waals surface area contributed by atoms with Gasteiger partial charge in [0.2, 0.25) is 0 Å². The molecule has 0 saturated heterocycles. The van der Waals surface area contributed by atoms with Crippen molar-refractivity contribution in [3.63, 3.8) is 0 Å². The Bertz CT molecular complexity index is 242. The maximum atomic E-state index is 3.99. The summed E-state index contributed by atoms with van der Waals surface area (Å²) in [6.45, 7) is 2.17. The average Bonchev–Trinajstić information content (AvgIpc) is 2.11. The monoisotopic (exact) mass is 176 g/mol. The van der Waals surface area contributed by atoms with Gasteiger partial charge in [0.05, 0.1) is 0 Å². The largest absolute Gasteiger partial charge is 0.312 e. The first-order valence-corrected chi connectivity index (χ1v) is 5.05. The molecular formula is C11H16N2. The van der Waals surface area contributed by atoms with Crippen LogP contribution in [0, 0.1) is 5.92 Å². The Labute approximate surface area is 79.4 Å². The van der Waals surface area contributed by atoms with Gasteiger partial charge in [-0.05, 0) is 43.0 Å². The molecule has 1 aliphatic carbocycles. The minimum absolute atomic E-state index is 0.946. The van der Waals surface area contributed by atoms with Crippen molar-refractivity contribution in [3.05, 3.63) is 30.1 Å². The lowest BCUT2D eigenvalue weighted by molar-refractivity contribution is 0.301. The zero-order valence-electron chi connectivity index (χ0n) is 7.87. The Balaban J connectivity index is 1.67. The van der Waals surface area contributed by atoms with Gasteiger partial charge in [0, 0.05) is 18.9 Å². The summed E-state index contributed by atoms with van der Waals surface area (Å²) in [7, 11) is 0. The van der Waals surface area contributed by atoms with Gasteiger partial charge in [0.15, 0.2) is 0 Å². The number of rotatable bonds is 4. The van der Waals surface area contributed by atoms with Crippen molar-refractivity contribution in [2.45, 2.75) is 25.8 Å². The van der Waals surface area contributed by atoms with E-state index in [0.717, 1.165) is 12.5 Å². The van der Waals surface area contributed by atoms with E-state index in [9.17, 15) is 0 Å². The normalized spacial score (nSPS) is 16.9. The number of nitrogens with zero attached hydrogens (tertiary/aromatic N) is 1. The Morgan fingerprint density at radius 3 is 2.69 bits per heavy atom. The molecule has 1 aromatic heterocycles. The Kier molecular flexibility index (Phi) is 2.93. The predicted molar refractivity (Wildman–Crippen MR) is 53.3 cm³/mol. The molecule has 0 spiro atoms. The quantitative estimate of drug-likeness (QED) is 0.758. The van der Waals surface area contributed by atoms with Gasteiger partial charge in [-0.1, -0.05) is 6.42 Å². The standard InChI is InChI=1S/C11H16N2/c1-2-10(3-1)8-13-9-11-4-6-12-7-5-11/h4-7,10,13H,1-3,8-9H2. The number of nitrogens with one attached hydrogen (secondary N) is 1.